The Morgan fingerprint density at radius 2 is 2.10 bits per heavy atom. The molecule has 0 unspecified atom stereocenters. The van der Waals surface area contributed by atoms with Crippen LogP contribution in [0.25, 0.3) is 0 Å². The molecule has 6 heteroatoms. The molecule has 0 saturated carbocycles. The minimum Gasteiger partial charge on any atom is -0.497 e. The average Bonchev–Trinajstić information content (AvgIpc) is 3.05. The van der Waals surface area contributed by atoms with Gasteiger partial charge in [-0.2, -0.15) is 4.98 Å². The smallest absolute Gasteiger partial charge is 0.227 e. The third-order valence-corrected chi connectivity index (χ3v) is 3.42. The molecule has 104 valence electrons. The highest BCUT2D eigenvalue weighted by Gasteiger charge is 2.34. The first-order valence-electron chi connectivity index (χ1n) is 6.42. The predicted molar refractivity (Wildman–Crippen MR) is 71.7 cm³/mol. The fraction of sp³-hybridized carbons (Fsp3) is 0.357. The molecule has 0 radical (unpaired) electrons. The number of amides is 1. The van der Waals surface area contributed by atoms with Gasteiger partial charge in [-0.25, -0.2) is 0 Å². The molecule has 1 atom stereocenters. The Morgan fingerprint density at radius 3 is 2.70 bits per heavy atom. The van der Waals surface area contributed by atoms with Gasteiger partial charge in [0.2, 0.25) is 11.8 Å². The summed E-state index contributed by atoms with van der Waals surface area (Å²) in [5.74, 6) is 1.96. The predicted octanol–water partition coefficient (Wildman–Crippen LogP) is 1.91. The zero-order chi connectivity index (χ0) is 14.1. The highest BCUT2D eigenvalue weighted by Crippen LogP contribution is 2.31. The quantitative estimate of drug-likeness (QED) is 0.854. The van der Waals surface area contributed by atoms with Crippen LogP contribution in [0, 0.1) is 6.92 Å². The number of carbonyl (C=O) groups excluding carboxylic acids is 1. The van der Waals surface area contributed by atoms with Crippen molar-refractivity contribution in [1.82, 2.24) is 10.1 Å². The van der Waals surface area contributed by atoms with E-state index in [1.54, 1.807) is 18.9 Å². The molecule has 0 bridgehead atoms. The van der Waals surface area contributed by atoms with E-state index < -0.39 is 0 Å². The summed E-state index contributed by atoms with van der Waals surface area (Å²) in [6, 6.07) is 7.43. The monoisotopic (exact) mass is 273 g/mol. The van der Waals surface area contributed by atoms with Crippen LogP contribution in [-0.2, 0) is 4.79 Å². The van der Waals surface area contributed by atoms with E-state index in [2.05, 4.69) is 10.1 Å². The second-order valence-corrected chi connectivity index (χ2v) is 4.78. The molecular weight excluding hydrogens is 258 g/mol. The number of aryl methyl sites for hydroxylation is 1. The zero-order valence-electron chi connectivity index (χ0n) is 11.4. The van der Waals surface area contributed by atoms with Crippen molar-refractivity contribution < 1.29 is 14.1 Å². The Hall–Kier alpha value is -2.37. The van der Waals surface area contributed by atoms with Crippen LogP contribution in [0.3, 0.4) is 0 Å². The zero-order valence-corrected chi connectivity index (χ0v) is 11.4. The molecule has 20 heavy (non-hydrogen) atoms. The molecule has 6 nitrogen and oxygen atoms in total. The van der Waals surface area contributed by atoms with Crippen LogP contribution in [0.2, 0.25) is 0 Å². The first-order valence-corrected chi connectivity index (χ1v) is 6.42. The van der Waals surface area contributed by atoms with E-state index >= 15 is 0 Å². The van der Waals surface area contributed by atoms with E-state index in [0.717, 1.165) is 11.4 Å². The Labute approximate surface area is 116 Å². The molecule has 2 heterocycles. The van der Waals surface area contributed by atoms with Crippen LogP contribution in [0.15, 0.2) is 28.8 Å². The number of hydrogen-bond donors (Lipinski definition) is 0. The van der Waals surface area contributed by atoms with Crippen LogP contribution in [0.1, 0.15) is 24.1 Å². The molecule has 1 aliphatic rings. The highest BCUT2D eigenvalue weighted by atomic mass is 16.5. The Kier molecular flexibility index (Phi) is 3.14. The lowest BCUT2D eigenvalue weighted by Gasteiger charge is -2.16. The maximum atomic E-state index is 12.1. The van der Waals surface area contributed by atoms with Crippen molar-refractivity contribution in [3.63, 3.8) is 0 Å². The van der Waals surface area contributed by atoms with Gasteiger partial charge < -0.3 is 14.2 Å². The van der Waals surface area contributed by atoms with Crippen molar-refractivity contribution >= 4 is 11.6 Å². The number of aromatic nitrogens is 2. The highest BCUT2D eigenvalue weighted by molar-refractivity contribution is 5.96. The van der Waals surface area contributed by atoms with Crippen LogP contribution in [0.5, 0.6) is 5.75 Å². The van der Waals surface area contributed by atoms with Crippen LogP contribution in [0.4, 0.5) is 5.69 Å². The third kappa shape index (κ3) is 2.24. The number of benzene rings is 1. The summed E-state index contributed by atoms with van der Waals surface area (Å²) in [4.78, 5) is 18.1. The van der Waals surface area contributed by atoms with E-state index in [1.807, 2.05) is 24.3 Å². The fourth-order valence-corrected chi connectivity index (χ4v) is 2.37. The molecule has 1 saturated heterocycles. The number of ether oxygens (including phenoxy) is 1. The van der Waals surface area contributed by atoms with E-state index in [4.69, 9.17) is 9.26 Å². The SMILES string of the molecule is COc1ccc(N2C[C@@H](c3noc(C)n3)CC2=O)cc1. The lowest BCUT2D eigenvalue weighted by atomic mass is 10.1. The molecule has 3 rings (SSSR count). The molecule has 1 amide bonds. The van der Waals surface area contributed by atoms with Crippen LogP contribution in [-0.4, -0.2) is 29.7 Å². The van der Waals surface area contributed by atoms with Crippen molar-refractivity contribution in [2.24, 2.45) is 0 Å². The number of rotatable bonds is 3. The largest absolute Gasteiger partial charge is 0.497 e. The minimum atomic E-state index is -0.0120. The molecule has 0 aliphatic carbocycles. The van der Waals surface area contributed by atoms with E-state index in [-0.39, 0.29) is 11.8 Å². The van der Waals surface area contributed by atoms with Crippen molar-refractivity contribution in [2.45, 2.75) is 19.3 Å². The van der Waals surface area contributed by atoms with Crippen LogP contribution < -0.4 is 9.64 Å². The summed E-state index contributed by atoms with van der Waals surface area (Å²) in [6.45, 7) is 2.32. The third-order valence-electron chi connectivity index (χ3n) is 3.42. The summed E-state index contributed by atoms with van der Waals surface area (Å²) in [7, 11) is 1.62. The number of nitrogens with zero attached hydrogens (tertiary/aromatic N) is 3. The van der Waals surface area contributed by atoms with Gasteiger partial charge in [0.25, 0.3) is 0 Å². The summed E-state index contributed by atoms with van der Waals surface area (Å²) in [5, 5.41) is 3.90. The van der Waals surface area contributed by atoms with E-state index in [9.17, 15) is 4.79 Å². The fourth-order valence-electron chi connectivity index (χ4n) is 2.37. The first-order chi connectivity index (χ1) is 9.67. The summed E-state index contributed by atoms with van der Waals surface area (Å²) in [6.07, 6.45) is 0.408. The van der Waals surface area contributed by atoms with Gasteiger partial charge in [0.05, 0.1) is 7.11 Å². The van der Waals surface area contributed by atoms with Crippen LogP contribution >= 0.6 is 0 Å². The van der Waals surface area contributed by atoms with E-state index in [1.165, 1.54) is 0 Å². The second kappa shape index (κ2) is 4.96. The van der Waals surface area contributed by atoms with Gasteiger partial charge in [0.15, 0.2) is 5.82 Å². The Balaban J connectivity index is 1.79. The molecule has 2 aromatic rings. The number of carbonyl (C=O) groups is 1. The number of methoxy groups -OCH3 is 1. The van der Waals surface area contributed by atoms with Crippen molar-refractivity contribution in [2.75, 3.05) is 18.6 Å². The summed E-state index contributed by atoms with van der Waals surface area (Å²) >= 11 is 0. The average molecular weight is 273 g/mol. The van der Waals surface area contributed by atoms with Gasteiger partial charge in [0, 0.05) is 31.5 Å². The summed E-state index contributed by atoms with van der Waals surface area (Å²) < 4.78 is 10.1. The minimum absolute atomic E-state index is 0.0120. The van der Waals surface area contributed by atoms with Gasteiger partial charge in [-0.15, -0.1) is 0 Å². The molecule has 0 spiro atoms. The second-order valence-electron chi connectivity index (χ2n) is 4.78. The van der Waals surface area contributed by atoms with Gasteiger partial charge in [-0.05, 0) is 24.3 Å². The van der Waals surface area contributed by atoms with Crippen molar-refractivity contribution in [3.8, 4) is 5.75 Å². The normalized spacial score (nSPS) is 18.6. The Bertz CT molecular complexity index is 621. The molecule has 1 fully saturated rings. The topological polar surface area (TPSA) is 68.5 Å². The van der Waals surface area contributed by atoms with Gasteiger partial charge in [-0.1, -0.05) is 5.16 Å². The maximum Gasteiger partial charge on any atom is 0.227 e. The van der Waals surface area contributed by atoms with Gasteiger partial charge in [-0.3, -0.25) is 4.79 Å². The lowest BCUT2D eigenvalue weighted by Crippen LogP contribution is -2.24. The lowest BCUT2D eigenvalue weighted by molar-refractivity contribution is -0.117. The summed E-state index contributed by atoms with van der Waals surface area (Å²) in [5.41, 5.74) is 0.860. The van der Waals surface area contributed by atoms with Gasteiger partial charge in [0.1, 0.15) is 5.75 Å². The van der Waals surface area contributed by atoms with Crippen molar-refractivity contribution in [3.05, 3.63) is 36.0 Å². The molecule has 0 N–H and O–H groups in total. The van der Waals surface area contributed by atoms with Crippen molar-refractivity contribution in [1.29, 1.82) is 0 Å². The number of anilines is 1. The van der Waals surface area contributed by atoms with Gasteiger partial charge >= 0.3 is 0 Å². The van der Waals surface area contributed by atoms with E-state index in [0.29, 0.717) is 24.7 Å². The molecule has 1 aliphatic heterocycles. The molecule has 1 aromatic heterocycles. The molecule has 1 aromatic carbocycles. The standard InChI is InChI=1S/C14H15N3O3/c1-9-15-14(16-20-9)10-7-13(18)17(8-10)11-3-5-12(19-2)6-4-11/h3-6,10H,7-8H2,1-2H3/t10-/m0/s1. The Morgan fingerprint density at radius 1 is 1.35 bits per heavy atom. The first kappa shape index (κ1) is 12.7. The molecular formula is C14H15N3O3. The number of hydrogen-bond acceptors (Lipinski definition) is 5. The maximum absolute atomic E-state index is 12.1.